The van der Waals surface area contributed by atoms with Crippen LogP contribution in [0.25, 0.3) is 0 Å². The maximum Gasteiger partial charge on any atom is 0.118 e. The van der Waals surface area contributed by atoms with Gasteiger partial charge in [0.25, 0.3) is 0 Å². The lowest BCUT2D eigenvalue weighted by Crippen LogP contribution is -2.03. The van der Waals surface area contributed by atoms with Gasteiger partial charge in [0.2, 0.25) is 0 Å². The van der Waals surface area contributed by atoms with E-state index in [-0.39, 0.29) is 21.5 Å². The molecule has 0 saturated carbocycles. The number of hydrogen-bond donors (Lipinski definition) is 2. The SMILES string of the molecule is C=C/C(C)=C(\C=C/COCPO[C@@H](CCO)c1cccc(Cl)c1)Cc1ccc(O)c(CC)c1. The summed E-state index contributed by atoms with van der Waals surface area (Å²) < 4.78 is 11.7. The van der Waals surface area contributed by atoms with E-state index in [2.05, 4.69) is 18.7 Å². The molecule has 0 aliphatic heterocycles. The molecule has 2 N–H and O–H groups in total. The Balaban J connectivity index is 1.85. The standard InChI is InChI=1S/C27H34ClO4P/c1-4-20(3)23(17-21-11-12-26(30)22(5-2)16-21)9-7-15-31-19-33-32-27(13-14-29)24-8-6-10-25(28)18-24/h4,6-12,16,18,27,29-30,33H,1,5,13-15,17,19H2,2-3H3/b9-7-,23-20+/t27-/m0/s1. The van der Waals surface area contributed by atoms with Crippen molar-refractivity contribution in [2.45, 2.75) is 39.2 Å². The van der Waals surface area contributed by atoms with Gasteiger partial charge in [-0.1, -0.05) is 67.6 Å². The maximum absolute atomic E-state index is 9.92. The molecule has 0 saturated heterocycles. The highest BCUT2D eigenvalue weighted by atomic mass is 35.5. The number of rotatable bonds is 14. The fourth-order valence-electron chi connectivity index (χ4n) is 3.32. The van der Waals surface area contributed by atoms with Crippen molar-refractivity contribution in [1.29, 1.82) is 0 Å². The van der Waals surface area contributed by atoms with Crippen LogP contribution in [0.3, 0.4) is 0 Å². The number of benzene rings is 2. The zero-order valence-electron chi connectivity index (χ0n) is 19.4. The van der Waals surface area contributed by atoms with Crippen LogP contribution in [0.15, 0.2) is 78.4 Å². The molecule has 0 bridgehead atoms. The van der Waals surface area contributed by atoms with Crippen LogP contribution >= 0.6 is 20.4 Å². The summed E-state index contributed by atoms with van der Waals surface area (Å²) in [6, 6.07) is 13.3. The summed E-state index contributed by atoms with van der Waals surface area (Å²) in [5.74, 6) is 0.343. The fourth-order valence-corrected chi connectivity index (χ4v) is 4.25. The van der Waals surface area contributed by atoms with E-state index in [0.717, 1.165) is 40.7 Å². The van der Waals surface area contributed by atoms with Crippen LogP contribution < -0.4 is 0 Å². The molecule has 4 nitrogen and oxygen atoms in total. The van der Waals surface area contributed by atoms with Crippen molar-refractivity contribution in [2.24, 2.45) is 0 Å². The van der Waals surface area contributed by atoms with Crippen molar-refractivity contribution in [1.82, 2.24) is 0 Å². The Labute approximate surface area is 204 Å². The number of phenols is 1. The van der Waals surface area contributed by atoms with E-state index >= 15 is 0 Å². The zero-order chi connectivity index (χ0) is 24.1. The third-order valence-electron chi connectivity index (χ3n) is 5.26. The predicted octanol–water partition coefficient (Wildman–Crippen LogP) is 6.92. The maximum atomic E-state index is 9.92. The van der Waals surface area contributed by atoms with Crippen molar-refractivity contribution < 1.29 is 19.5 Å². The monoisotopic (exact) mass is 488 g/mol. The molecule has 2 atom stereocenters. The number of phenolic OH excluding ortho intramolecular Hbond substituents is 1. The van der Waals surface area contributed by atoms with Crippen LogP contribution in [-0.2, 0) is 22.1 Å². The topological polar surface area (TPSA) is 58.9 Å². The summed E-state index contributed by atoms with van der Waals surface area (Å²) >= 11 is 6.07. The van der Waals surface area contributed by atoms with Gasteiger partial charge in [-0.2, -0.15) is 0 Å². The number of hydrogen-bond acceptors (Lipinski definition) is 4. The normalized spacial score (nSPS) is 13.6. The average molecular weight is 489 g/mol. The molecule has 0 aliphatic carbocycles. The first-order chi connectivity index (χ1) is 16.0. The number of aromatic hydroxyl groups is 1. The number of halogens is 1. The van der Waals surface area contributed by atoms with Gasteiger partial charge in [-0.15, -0.1) is 0 Å². The molecular formula is C27H34ClO4P. The van der Waals surface area contributed by atoms with E-state index in [9.17, 15) is 10.2 Å². The average Bonchev–Trinajstić information content (AvgIpc) is 2.82. The molecular weight excluding hydrogens is 455 g/mol. The number of allylic oxidation sites excluding steroid dienone is 4. The lowest BCUT2D eigenvalue weighted by Gasteiger charge is -2.17. The molecule has 33 heavy (non-hydrogen) atoms. The molecule has 6 heteroatoms. The molecule has 0 spiro atoms. The molecule has 2 aromatic carbocycles. The van der Waals surface area contributed by atoms with Crippen LogP contribution in [-0.4, -0.2) is 29.8 Å². The van der Waals surface area contributed by atoms with Gasteiger partial charge >= 0.3 is 0 Å². The summed E-state index contributed by atoms with van der Waals surface area (Å²) in [5, 5.41) is 19.9. The Morgan fingerprint density at radius 1 is 1.24 bits per heavy atom. The number of aryl methyl sites for hydroxylation is 1. The highest BCUT2D eigenvalue weighted by molar-refractivity contribution is 7.31. The molecule has 0 amide bonds. The van der Waals surface area contributed by atoms with E-state index in [1.807, 2.05) is 56.3 Å². The molecule has 0 heterocycles. The van der Waals surface area contributed by atoms with Crippen LogP contribution in [0, 0.1) is 0 Å². The molecule has 178 valence electrons. The van der Waals surface area contributed by atoms with E-state index in [1.54, 1.807) is 6.07 Å². The van der Waals surface area contributed by atoms with Gasteiger partial charge in [0.15, 0.2) is 0 Å². The molecule has 0 aliphatic rings. The van der Waals surface area contributed by atoms with E-state index in [1.165, 1.54) is 0 Å². The molecule has 0 radical (unpaired) electrons. The van der Waals surface area contributed by atoms with Crippen LogP contribution in [0.2, 0.25) is 5.02 Å². The minimum atomic E-state index is -0.200. The Hall–Kier alpha value is -1.94. The van der Waals surface area contributed by atoms with E-state index in [4.69, 9.17) is 20.9 Å². The van der Waals surface area contributed by atoms with Gasteiger partial charge in [-0.25, -0.2) is 0 Å². The van der Waals surface area contributed by atoms with Crippen molar-refractivity contribution in [3.8, 4) is 5.75 Å². The highest BCUT2D eigenvalue weighted by Crippen LogP contribution is 2.30. The smallest absolute Gasteiger partial charge is 0.118 e. The number of aliphatic hydroxyl groups excluding tert-OH is 1. The third kappa shape index (κ3) is 9.44. The van der Waals surface area contributed by atoms with Crippen molar-refractivity contribution in [3.63, 3.8) is 0 Å². The number of aliphatic hydroxyl groups is 1. The van der Waals surface area contributed by atoms with Gasteiger partial charge in [0.1, 0.15) is 5.75 Å². The summed E-state index contributed by atoms with van der Waals surface area (Å²) in [5.41, 5.74) is 5.32. The van der Waals surface area contributed by atoms with Crippen LogP contribution in [0.1, 0.15) is 43.1 Å². The van der Waals surface area contributed by atoms with Crippen molar-refractivity contribution >= 4 is 20.4 Å². The summed E-state index contributed by atoms with van der Waals surface area (Å²) in [4.78, 5) is 0. The van der Waals surface area contributed by atoms with Crippen LogP contribution in [0.5, 0.6) is 5.75 Å². The first-order valence-electron chi connectivity index (χ1n) is 11.1. The van der Waals surface area contributed by atoms with Crippen LogP contribution in [0.4, 0.5) is 0 Å². The largest absolute Gasteiger partial charge is 0.508 e. The van der Waals surface area contributed by atoms with Gasteiger partial charge in [0.05, 0.1) is 19.1 Å². The second-order valence-electron chi connectivity index (χ2n) is 7.64. The van der Waals surface area contributed by atoms with Gasteiger partial charge in [-0.3, -0.25) is 0 Å². The second-order valence-corrected chi connectivity index (χ2v) is 8.89. The third-order valence-corrected chi connectivity index (χ3v) is 6.27. The molecule has 0 fully saturated rings. The Morgan fingerprint density at radius 3 is 2.76 bits per heavy atom. The molecule has 2 aromatic rings. The van der Waals surface area contributed by atoms with Crippen molar-refractivity contribution in [2.75, 3.05) is 19.6 Å². The second kappa shape index (κ2) is 15.1. The Bertz CT molecular complexity index is 955. The van der Waals surface area contributed by atoms with Crippen molar-refractivity contribution in [3.05, 3.63) is 100 Å². The molecule has 2 rings (SSSR count). The zero-order valence-corrected chi connectivity index (χ0v) is 21.1. The lowest BCUT2D eigenvalue weighted by molar-refractivity contribution is 0.159. The minimum Gasteiger partial charge on any atom is -0.508 e. The van der Waals surface area contributed by atoms with E-state index < -0.39 is 0 Å². The Morgan fingerprint density at radius 2 is 2.06 bits per heavy atom. The highest BCUT2D eigenvalue weighted by Gasteiger charge is 2.12. The van der Waals surface area contributed by atoms with Gasteiger partial charge < -0.3 is 19.5 Å². The summed E-state index contributed by atoms with van der Waals surface area (Å²) in [6.45, 7) is 8.49. The fraction of sp³-hybridized carbons (Fsp3) is 0.333. The number of ether oxygens (including phenoxy) is 1. The van der Waals surface area contributed by atoms with Gasteiger partial charge in [-0.05, 0) is 65.8 Å². The predicted molar refractivity (Wildman–Crippen MR) is 139 cm³/mol. The quantitative estimate of drug-likeness (QED) is 0.172. The summed E-state index contributed by atoms with van der Waals surface area (Å²) in [6.07, 6.45) is 8.26. The molecule has 1 unspecified atom stereocenters. The van der Waals surface area contributed by atoms with E-state index in [0.29, 0.717) is 30.1 Å². The first kappa shape index (κ1) is 27.3. The minimum absolute atomic E-state index is 0.0454. The summed E-state index contributed by atoms with van der Waals surface area (Å²) in [7, 11) is 0.159. The Kier molecular flexibility index (Phi) is 12.5. The van der Waals surface area contributed by atoms with Gasteiger partial charge in [0, 0.05) is 26.9 Å². The lowest BCUT2D eigenvalue weighted by atomic mass is 9.98. The first-order valence-corrected chi connectivity index (χ1v) is 12.6. The molecule has 0 aromatic heterocycles.